The topological polar surface area (TPSA) is 84.4 Å². The molecule has 138 valence electrons. The summed E-state index contributed by atoms with van der Waals surface area (Å²) in [5.74, 6) is 0.151. The SMILES string of the molecule is Cc1cnc(C(=O)NCC[C@@H]2CCCN(C(=O)OC(C)(C)C)C2)cn1. The summed E-state index contributed by atoms with van der Waals surface area (Å²) in [4.78, 5) is 34.1. The van der Waals surface area contributed by atoms with Gasteiger partial charge in [-0.3, -0.25) is 9.78 Å². The van der Waals surface area contributed by atoms with E-state index in [1.165, 1.54) is 6.20 Å². The van der Waals surface area contributed by atoms with Gasteiger partial charge in [0.1, 0.15) is 11.3 Å². The number of piperidine rings is 1. The van der Waals surface area contributed by atoms with Crippen molar-refractivity contribution in [3.8, 4) is 0 Å². The maximum Gasteiger partial charge on any atom is 0.410 e. The highest BCUT2D eigenvalue weighted by molar-refractivity contribution is 5.91. The van der Waals surface area contributed by atoms with Gasteiger partial charge in [-0.1, -0.05) is 0 Å². The highest BCUT2D eigenvalue weighted by Crippen LogP contribution is 2.21. The Morgan fingerprint density at radius 1 is 1.32 bits per heavy atom. The average Bonchev–Trinajstić information content (AvgIpc) is 2.54. The van der Waals surface area contributed by atoms with Crippen LogP contribution >= 0.6 is 0 Å². The van der Waals surface area contributed by atoms with Crippen molar-refractivity contribution < 1.29 is 14.3 Å². The van der Waals surface area contributed by atoms with Crippen molar-refractivity contribution in [2.75, 3.05) is 19.6 Å². The smallest absolute Gasteiger partial charge is 0.410 e. The molecule has 0 unspecified atom stereocenters. The van der Waals surface area contributed by atoms with Gasteiger partial charge in [-0.05, 0) is 52.9 Å². The van der Waals surface area contributed by atoms with E-state index in [1.54, 1.807) is 11.1 Å². The number of ether oxygens (including phenoxy) is 1. The van der Waals surface area contributed by atoms with Gasteiger partial charge in [0.15, 0.2) is 0 Å². The van der Waals surface area contributed by atoms with Crippen LogP contribution in [0.5, 0.6) is 0 Å². The molecular weight excluding hydrogens is 320 g/mol. The maximum absolute atomic E-state index is 12.2. The molecule has 0 spiro atoms. The molecule has 1 aromatic rings. The van der Waals surface area contributed by atoms with E-state index >= 15 is 0 Å². The summed E-state index contributed by atoms with van der Waals surface area (Å²) >= 11 is 0. The largest absolute Gasteiger partial charge is 0.444 e. The molecule has 0 aliphatic carbocycles. The van der Waals surface area contributed by atoms with Crippen molar-refractivity contribution in [1.29, 1.82) is 0 Å². The molecule has 2 heterocycles. The Kier molecular flexibility index (Phi) is 6.33. The minimum Gasteiger partial charge on any atom is -0.444 e. The third kappa shape index (κ3) is 6.32. The number of hydrogen-bond acceptors (Lipinski definition) is 5. The third-order valence-corrected chi connectivity index (χ3v) is 4.02. The molecule has 0 saturated carbocycles. The van der Waals surface area contributed by atoms with Crippen LogP contribution < -0.4 is 5.32 Å². The first-order valence-electron chi connectivity index (χ1n) is 8.79. The Balaban J connectivity index is 1.76. The molecule has 1 N–H and O–H groups in total. The van der Waals surface area contributed by atoms with Crippen LogP contribution in [0.25, 0.3) is 0 Å². The number of carbonyl (C=O) groups is 2. The quantitative estimate of drug-likeness (QED) is 0.904. The lowest BCUT2D eigenvalue weighted by atomic mass is 9.95. The van der Waals surface area contributed by atoms with Gasteiger partial charge in [0.2, 0.25) is 0 Å². The predicted molar refractivity (Wildman–Crippen MR) is 94.3 cm³/mol. The van der Waals surface area contributed by atoms with Gasteiger partial charge in [0.25, 0.3) is 5.91 Å². The summed E-state index contributed by atoms with van der Waals surface area (Å²) in [6.45, 7) is 9.41. The molecule has 25 heavy (non-hydrogen) atoms. The fourth-order valence-corrected chi connectivity index (χ4v) is 2.78. The minimum atomic E-state index is -0.479. The first-order valence-corrected chi connectivity index (χ1v) is 8.79. The molecule has 1 aromatic heterocycles. The van der Waals surface area contributed by atoms with Crippen molar-refractivity contribution in [2.45, 2.75) is 52.6 Å². The number of aromatic nitrogens is 2. The second-order valence-electron chi connectivity index (χ2n) is 7.52. The van der Waals surface area contributed by atoms with Crippen LogP contribution in [-0.2, 0) is 4.74 Å². The molecule has 7 heteroatoms. The van der Waals surface area contributed by atoms with Crippen molar-refractivity contribution >= 4 is 12.0 Å². The van der Waals surface area contributed by atoms with Crippen molar-refractivity contribution in [3.05, 3.63) is 23.8 Å². The molecule has 0 bridgehead atoms. The van der Waals surface area contributed by atoms with Gasteiger partial charge in [-0.15, -0.1) is 0 Å². The van der Waals surface area contributed by atoms with Gasteiger partial charge in [-0.2, -0.15) is 0 Å². The number of rotatable bonds is 4. The van der Waals surface area contributed by atoms with E-state index in [-0.39, 0.29) is 12.0 Å². The highest BCUT2D eigenvalue weighted by Gasteiger charge is 2.27. The lowest BCUT2D eigenvalue weighted by Gasteiger charge is -2.34. The molecule has 7 nitrogen and oxygen atoms in total. The standard InChI is InChI=1S/C18H28N4O3/c1-13-10-21-15(11-20-13)16(23)19-8-7-14-6-5-9-22(12-14)17(24)25-18(2,3)4/h10-11,14H,5-9,12H2,1-4H3,(H,19,23)/t14-/m0/s1. The molecule has 2 rings (SSSR count). The van der Waals surface area contributed by atoms with Gasteiger partial charge < -0.3 is 15.0 Å². The van der Waals surface area contributed by atoms with Crippen molar-refractivity contribution in [2.24, 2.45) is 5.92 Å². The summed E-state index contributed by atoms with van der Waals surface area (Å²) < 4.78 is 5.44. The molecule has 1 atom stereocenters. The van der Waals surface area contributed by atoms with Crippen LogP contribution in [0.1, 0.15) is 56.2 Å². The fraction of sp³-hybridized carbons (Fsp3) is 0.667. The van der Waals surface area contributed by atoms with Crippen molar-refractivity contribution in [3.63, 3.8) is 0 Å². The van der Waals surface area contributed by atoms with E-state index in [2.05, 4.69) is 15.3 Å². The molecule has 1 aliphatic heterocycles. The Labute approximate surface area is 149 Å². The van der Waals surface area contributed by atoms with Crippen molar-refractivity contribution in [1.82, 2.24) is 20.2 Å². The zero-order valence-electron chi connectivity index (χ0n) is 15.5. The van der Waals surface area contributed by atoms with Crippen LogP contribution in [0.4, 0.5) is 4.79 Å². The highest BCUT2D eigenvalue weighted by atomic mass is 16.6. The van der Waals surface area contributed by atoms with Crippen LogP contribution in [0.15, 0.2) is 12.4 Å². The van der Waals surface area contributed by atoms with Crippen LogP contribution in [0.3, 0.4) is 0 Å². The summed E-state index contributed by atoms with van der Waals surface area (Å²) in [6.07, 6.45) is 5.64. The fourth-order valence-electron chi connectivity index (χ4n) is 2.78. The van der Waals surface area contributed by atoms with E-state index in [1.807, 2.05) is 27.7 Å². The number of aryl methyl sites for hydroxylation is 1. The van der Waals surface area contributed by atoms with Crippen LogP contribution in [0.2, 0.25) is 0 Å². The zero-order chi connectivity index (χ0) is 18.4. The van der Waals surface area contributed by atoms with E-state index in [4.69, 9.17) is 4.74 Å². The Hall–Kier alpha value is -2.18. The number of hydrogen-bond donors (Lipinski definition) is 1. The van der Waals surface area contributed by atoms with Crippen LogP contribution in [-0.4, -0.2) is 52.1 Å². The van der Waals surface area contributed by atoms with Gasteiger partial charge in [0, 0.05) is 25.8 Å². The minimum absolute atomic E-state index is 0.215. The molecule has 1 aliphatic rings. The Morgan fingerprint density at radius 2 is 2.08 bits per heavy atom. The predicted octanol–water partition coefficient (Wildman–Crippen LogP) is 2.55. The normalized spacial score (nSPS) is 17.9. The maximum atomic E-state index is 12.2. The van der Waals surface area contributed by atoms with Gasteiger partial charge in [-0.25, -0.2) is 9.78 Å². The van der Waals surface area contributed by atoms with E-state index in [0.29, 0.717) is 24.7 Å². The molecule has 1 fully saturated rings. The lowest BCUT2D eigenvalue weighted by molar-refractivity contribution is 0.0161. The third-order valence-electron chi connectivity index (χ3n) is 4.02. The molecule has 2 amide bonds. The molecular formula is C18H28N4O3. The summed E-state index contributed by atoms with van der Waals surface area (Å²) in [6, 6.07) is 0. The van der Waals surface area contributed by atoms with Crippen LogP contribution in [0, 0.1) is 12.8 Å². The summed E-state index contributed by atoms with van der Waals surface area (Å²) in [5.41, 5.74) is 0.623. The first-order chi connectivity index (χ1) is 11.7. The number of amides is 2. The number of nitrogens with one attached hydrogen (secondary N) is 1. The Morgan fingerprint density at radius 3 is 2.72 bits per heavy atom. The number of nitrogens with zero attached hydrogens (tertiary/aromatic N) is 3. The van der Waals surface area contributed by atoms with E-state index in [0.717, 1.165) is 31.5 Å². The van der Waals surface area contributed by atoms with Gasteiger partial charge in [0.05, 0.1) is 11.9 Å². The number of carbonyl (C=O) groups excluding carboxylic acids is 2. The van der Waals surface area contributed by atoms with E-state index < -0.39 is 5.60 Å². The summed E-state index contributed by atoms with van der Waals surface area (Å²) in [7, 11) is 0. The lowest BCUT2D eigenvalue weighted by Crippen LogP contribution is -2.43. The van der Waals surface area contributed by atoms with E-state index in [9.17, 15) is 9.59 Å². The summed E-state index contributed by atoms with van der Waals surface area (Å²) in [5, 5.41) is 2.87. The second-order valence-corrected chi connectivity index (χ2v) is 7.52. The molecule has 0 radical (unpaired) electrons. The second kappa shape index (κ2) is 8.27. The van der Waals surface area contributed by atoms with Gasteiger partial charge >= 0.3 is 6.09 Å². The number of likely N-dealkylation sites (tertiary alicyclic amines) is 1. The first kappa shape index (κ1) is 19.1. The Bertz CT molecular complexity index is 595. The monoisotopic (exact) mass is 348 g/mol. The average molecular weight is 348 g/mol. The molecule has 1 saturated heterocycles. The zero-order valence-corrected chi connectivity index (χ0v) is 15.5. The molecule has 0 aromatic carbocycles.